The Bertz CT molecular complexity index is 676. The molecular weight excluding hydrogens is 293 g/mol. The Hall–Kier alpha value is -2.63. The van der Waals surface area contributed by atoms with Gasteiger partial charge in [-0.15, -0.1) is 0 Å². The van der Waals surface area contributed by atoms with Crippen LogP contribution in [0.3, 0.4) is 0 Å². The third-order valence-corrected chi connectivity index (χ3v) is 3.14. The maximum atomic E-state index is 12.5. The van der Waals surface area contributed by atoms with E-state index in [1.165, 1.54) is 29.3 Å². The number of nitrogens with zero attached hydrogens (tertiary/aromatic N) is 2. The Morgan fingerprint density at radius 3 is 2.18 bits per heavy atom. The van der Waals surface area contributed by atoms with E-state index >= 15 is 0 Å². The van der Waals surface area contributed by atoms with Gasteiger partial charge in [-0.25, -0.2) is 4.98 Å². The fourth-order valence-electron chi connectivity index (χ4n) is 1.86. The Labute approximate surface area is 125 Å². The van der Waals surface area contributed by atoms with Gasteiger partial charge in [0.15, 0.2) is 0 Å². The second-order valence-electron chi connectivity index (χ2n) is 4.58. The Balaban J connectivity index is 2.24. The van der Waals surface area contributed by atoms with Crippen LogP contribution < -0.4 is 4.90 Å². The van der Waals surface area contributed by atoms with Crippen LogP contribution >= 0.6 is 0 Å². The molecule has 2 aromatic rings. The van der Waals surface area contributed by atoms with Crippen molar-refractivity contribution in [1.29, 1.82) is 0 Å². The molecule has 6 heteroatoms. The zero-order valence-corrected chi connectivity index (χ0v) is 11.8. The van der Waals surface area contributed by atoms with Gasteiger partial charge < -0.3 is 0 Å². The van der Waals surface area contributed by atoms with Crippen molar-refractivity contribution in [1.82, 2.24) is 4.98 Å². The summed E-state index contributed by atoms with van der Waals surface area (Å²) in [5.41, 5.74) is 0.582. The minimum absolute atomic E-state index is 0.296. The number of amides is 1. The summed E-state index contributed by atoms with van der Waals surface area (Å²) in [5, 5.41) is 0. The number of alkyl halides is 3. The Morgan fingerprint density at radius 2 is 1.73 bits per heavy atom. The molecule has 22 heavy (non-hydrogen) atoms. The second-order valence-corrected chi connectivity index (χ2v) is 4.58. The molecular formula is C16H13F3N2O. The van der Waals surface area contributed by atoms with E-state index in [1.54, 1.807) is 19.2 Å². The molecule has 0 saturated heterocycles. The van der Waals surface area contributed by atoms with Gasteiger partial charge in [-0.1, -0.05) is 18.7 Å². The number of anilines is 1. The predicted octanol–water partition coefficient (Wildman–Crippen LogP) is 3.92. The van der Waals surface area contributed by atoms with E-state index in [9.17, 15) is 18.0 Å². The number of carbonyl (C=O) groups excluding carboxylic acids is 1. The van der Waals surface area contributed by atoms with Crippen molar-refractivity contribution in [3.63, 3.8) is 0 Å². The van der Waals surface area contributed by atoms with Gasteiger partial charge in [-0.2, -0.15) is 13.2 Å². The van der Waals surface area contributed by atoms with Crippen molar-refractivity contribution < 1.29 is 18.0 Å². The molecule has 0 atom stereocenters. The second kappa shape index (κ2) is 6.01. The van der Waals surface area contributed by atoms with Gasteiger partial charge in [0.1, 0.15) is 5.82 Å². The Morgan fingerprint density at radius 1 is 1.14 bits per heavy atom. The topological polar surface area (TPSA) is 33.2 Å². The monoisotopic (exact) mass is 306 g/mol. The van der Waals surface area contributed by atoms with Crippen LogP contribution in [-0.2, 0) is 11.0 Å². The van der Waals surface area contributed by atoms with Gasteiger partial charge in [0, 0.05) is 18.8 Å². The van der Waals surface area contributed by atoms with E-state index in [-0.39, 0.29) is 5.91 Å². The van der Waals surface area contributed by atoms with Crippen LogP contribution in [0.2, 0.25) is 0 Å². The summed E-state index contributed by atoms with van der Waals surface area (Å²) < 4.78 is 37.5. The van der Waals surface area contributed by atoms with Crippen LogP contribution in [0.25, 0.3) is 11.1 Å². The molecule has 2 rings (SSSR count). The first-order valence-electron chi connectivity index (χ1n) is 6.36. The molecule has 0 N–H and O–H groups in total. The number of pyridine rings is 1. The first-order chi connectivity index (χ1) is 10.3. The lowest BCUT2D eigenvalue weighted by Crippen LogP contribution is -2.24. The third kappa shape index (κ3) is 3.33. The summed E-state index contributed by atoms with van der Waals surface area (Å²) in [6.45, 7) is 3.39. The molecule has 0 aliphatic rings. The highest BCUT2D eigenvalue weighted by molar-refractivity contribution is 5.99. The summed E-state index contributed by atoms with van der Waals surface area (Å²) in [5.74, 6) is 0.135. The Kier molecular flexibility index (Phi) is 4.30. The van der Waals surface area contributed by atoms with Crippen molar-refractivity contribution in [3.05, 3.63) is 60.8 Å². The fraction of sp³-hybridized carbons (Fsp3) is 0.125. The van der Waals surface area contributed by atoms with Gasteiger partial charge in [0.25, 0.3) is 5.91 Å². The number of hydrogen-bond donors (Lipinski definition) is 0. The number of carbonyl (C=O) groups is 1. The SMILES string of the molecule is C=CC(=O)N(C)c1ccc(-c2ccc(C(F)(F)F)cc2)cn1. The predicted molar refractivity (Wildman–Crippen MR) is 78.3 cm³/mol. The molecule has 0 aliphatic heterocycles. The van der Waals surface area contributed by atoms with Crippen LogP contribution in [-0.4, -0.2) is 17.9 Å². The average molecular weight is 306 g/mol. The lowest BCUT2D eigenvalue weighted by atomic mass is 10.1. The lowest BCUT2D eigenvalue weighted by molar-refractivity contribution is -0.137. The zero-order valence-electron chi connectivity index (χ0n) is 11.8. The van der Waals surface area contributed by atoms with Crippen LogP contribution in [0.4, 0.5) is 19.0 Å². The molecule has 0 aliphatic carbocycles. The third-order valence-electron chi connectivity index (χ3n) is 3.14. The van der Waals surface area contributed by atoms with Crippen LogP contribution in [0.1, 0.15) is 5.56 Å². The highest BCUT2D eigenvalue weighted by atomic mass is 19.4. The van der Waals surface area contributed by atoms with Crippen molar-refractivity contribution in [3.8, 4) is 11.1 Å². The van der Waals surface area contributed by atoms with Gasteiger partial charge in [-0.3, -0.25) is 9.69 Å². The molecule has 1 amide bonds. The maximum absolute atomic E-state index is 12.5. The van der Waals surface area contributed by atoms with Gasteiger partial charge in [0.05, 0.1) is 5.56 Å². The summed E-state index contributed by atoms with van der Waals surface area (Å²) in [4.78, 5) is 16.9. The molecule has 0 unspecified atom stereocenters. The van der Waals surface area contributed by atoms with Crippen molar-refractivity contribution >= 4 is 11.7 Å². The molecule has 0 radical (unpaired) electrons. The van der Waals surface area contributed by atoms with E-state index < -0.39 is 11.7 Å². The highest BCUT2D eigenvalue weighted by Gasteiger charge is 2.29. The summed E-state index contributed by atoms with van der Waals surface area (Å²) in [6, 6.07) is 8.13. The number of hydrogen-bond acceptors (Lipinski definition) is 2. The molecule has 114 valence electrons. The van der Waals surface area contributed by atoms with Crippen molar-refractivity contribution in [2.45, 2.75) is 6.18 Å². The van der Waals surface area contributed by atoms with E-state index in [0.717, 1.165) is 12.1 Å². The largest absolute Gasteiger partial charge is 0.416 e. The minimum Gasteiger partial charge on any atom is -0.296 e. The first kappa shape index (κ1) is 15.8. The first-order valence-corrected chi connectivity index (χ1v) is 6.36. The molecule has 1 aromatic carbocycles. The van der Waals surface area contributed by atoms with Crippen LogP contribution in [0.5, 0.6) is 0 Å². The normalized spacial score (nSPS) is 11.1. The number of likely N-dealkylation sites (N-methyl/N-ethyl adjacent to an activating group) is 1. The highest BCUT2D eigenvalue weighted by Crippen LogP contribution is 2.31. The van der Waals surface area contributed by atoms with Gasteiger partial charge in [0.2, 0.25) is 0 Å². The zero-order chi connectivity index (χ0) is 16.3. The molecule has 1 aromatic heterocycles. The van der Waals surface area contributed by atoms with Gasteiger partial charge in [-0.05, 0) is 35.9 Å². The molecule has 0 spiro atoms. The average Bonchev–Trinajstić information content (AvgIpc) is 2.53. The van der Waals surface area contributed by atoms with E-state index in [4.69, 9.17) is 0 Å². The molecule has 0 bridgehead atoms. The van der Waals surface area contributed by atoms with Crippen LogP contribution in [0, 0.1) is 0 Å². The molecule has 0 saturated carbocycles. The van der Waals surface area contributed by atoms with Crippen molar-refractivity contribution in [2.24, 2.45) is 0 Å². The minimum atomic E-state index is -4.35. The van der Waals surface area contributed by atoms with Crippen molar-refractivity contribution in [2.75, 3.05) is 11.9 Å². The number of halogens is 3. The fourth-order valence-corrected chi connectivity index (χ4v) is 1.86. The lowest BCUT2D eigenvalue weighted by Gasteiger charge is -2.14. The molecule has 1 heterocycles. The van der Waals surface area contributed by atoms with Crippen LogP contribution in [0.15, 0.2) is 55.3 Å². The quantitative estimate of drug-likeness (QED) is 0.805. The standard InChI is InChI=1S/C16H13F3N2O/c1-3-15(22)21(2)14-9-6-12(10-20-14)11-4-7-13(8-5-11)16(17,18)19/h3-10H,1H2,2H3. The number of rotatable bonds is 3. The van der Waals surface area contributed by atoms with E-state index in [2.05, 4.69) is 11.6 Å². The summed E-state index contributed by atoms with van der Waals surface area (Å²) >= 11 is 0. The van der Waals surface area contributed by atoms with Gasteiger partial charge >= 0.3 is 6.18 Å². The summed E-state index contributed by atoms with van der Waals surface area (Å²) in [7, 11) is 1.56. The smallest absolute Gasteiger partial charge is 0.296 e. The number of benzene rings is 1. The van der Waals surface area contributed by atoms with E-state index in [1.807, 2.05) is 0 Å². The summed E-state index contributed by atoms with van der Waals surface area (Å²) in [6.07, 6.45) is -1.68. The number of aromatic nitrogens is 1. The maximum Gasteiger partial charge on any atom is 0.416 e. The molecule has 0 fully saturated rings. The molecule has 3 nitrogen and oxygen atoms in total. The van der Waals surface area contributed by atoms with E-state index in [0.29, 0.717) is 16.9 Å².